The molecular weight excluding hydrogens is 553 g/mol. The number of ether oxygens (including phenoxy) is 3. The van der Waals surface area contributed by atoms with Gasteiger partial charge >= 0.3 is 5.97 Å². The number of hydrogen-bond donors (Lipinski definition) is 1. The van der Waals surface area contributed by atoms with Crippen molar-refractivity contribution in [3.63, 3.8) is 0 Å². The van der Waals surface area contributed by atoms with E-state index < -0.39 is 16.8 Å². The summed E-state index contributed by atoms with van der Waals surface area (Å²) >= 11 is 6.06. The van der Waals surface area contributed by atoms with E-state index in [1.165, 1.54) is 36.4 Å². The third kappa shape index (κ3) is 5.80. The molecule has 9 nitrogen and oxygen atoms in total. The monoisotopic (exact) mass is 571 g/mol. The van der Waals surface area contributed by atoms with E-state index in [0.717, 1.165) is 11.6 Å². The van der Waals surface area contributed by atoms with Crippen LogP contribution in [0.1, 0.15) is 33.0 Å². The van der Waals surface area contributed by atoms with Crippen LogP contribution in [0, 0.1) is 27.3 Å². The number of carbonyl (C=O) groups excluding carboxylic acids is 1. The summed E-state index contributed by atoms with van der Waals surface area (Å²) in [7, 11) is 0. The van der Waals surface area contributed by atoms with Crippen molar-refractivity contribution in [1.29, 1.82) is 5.26 Å². The van der Waals surface area contributed by atoms with E-state index >= 15 is 0 Å². The summed E-state index contributed by atoms with van der Waals surface area (Å²) in [5.74, 6) is -1.14. The van der Waals surface area contributed by atoms with Gasteiger partial charge in [-0.15, -0.1) is 0 Å². The van der Waals surface area contributed by atoms with Gasteiger partial charge in [-0.2, -0.15) is 5.26 Å². The second-order valence-corrected chi connectivity index (χ2v) is 9.33. The fourth-order valence-corrected chi connectivity index (χ4v) is 4.51. The van der Waals surface area contributed by atoms with E-state index in [0.29, 0.717) is 16.9 Å². The van der Waals surface area contributed by atoms with Crippen molar-refractivity contribution in [2.24, 2.45) is 5.73 Å². The number of benzene rings is 4. The second-order valence-electron chi connectivity index (χ2n) is 8.92. The van der Waals surface area contributed by atoms with Gasteiger partial charge in [0.15, 0.2) is 0 Å². The van der Waals surface area contributed by atoms with Crippen LogP contribution >= 0.6 is 11.6 Å². The van der Waals surface area contributed by atoms with Crippen molar-refractivity contribution in [2.45, 2.75) is 12.5 Å². The van der Waals surface area contributed by atoms with Crippen LogP contribution in [0.25, 0.3) is 0 Å². The Kier molecular flexibility index (Phi) is 7.54. The van der Waals surface area contributed by atoms with Crippen molar-refractivity contribution in [3.05, 3.63) is 140 Å². The summed E-state index contributed by atoms with van der Waals surface area (Å²) in [6, 6.07) is 23.2. The van der Waals surface area contributed by atoms with Crippen LogP contribution in [0.15, 0.2) is 96.4 Å². The quantitative estimate of drug-likeness (QED) is 0.116. The number of halogens is 2. The molecular formula is C30H19ClFN3O6. The highest BCUT2D eigenvalue weighted by Gasteiger charge is 2.31. The van der Waals surface area contributed by atoms with E-state index in [1.54, 1.807) is 36.4 Å². The summed E-state index contributed by atoms with van der Waals surface area (Å²) in [6.45, 7) is 0.209. The maximum atomic E-state index is 13.2. The standard InChI is InChI=1S/C30H19ClFN3O6/c31-26-11-8-20(35(37)38)13-24(26)30(36)40-22-9-10-23-27(14-22)41-29(34)25(15-33)28(23)18-2-1-3-21(12-18)39-16-17-4-6-19(32)7-5-17/h1-14,28H,16,34H2. The van der Waals surface area contributed by atoms with E-state index in [4.69, 9.17) is 31.5 Å². The van der Waals surface area contributed by atoms with E-state index in [-0.39, 0.29) is 51.7 Å². The van der Waals surface area contributed by atoms with Crippen LogP contribution in [0.5, 0.6) is 17.2 Å². The van der Waals surface area contributed by atoms with Gasteiger partial charge in [-0.05, 0) is 47.5 Å². The number of nitriles is 1. The highest BCUT2D eigenvalue weighted by molar-refractivity contribution is 6.33. The Hall–Kier alpha value is -5.40. The third-order valence-electron chi connectivity index (χ3n) is 6.29. The van der Waals surface area contributed by atoms with Crippen molar-refractivity contribution in [1.82, 2.24) is 0 Å². The summed E-state index contributed by atoms with van der Waals surface area (Å²) < 4.78 is 30.2. The van der Waals surface area contributed by atoms with E-state index in [2.05, 4.69) is 6.07 Å². The first kappa shape index (κ1) is 27.2. The summed E-state index contributed by atoms with van der Waals surface area (Å²) in [4.78, 5) is 23.2. The average Bonchev–Trinajstić information content (AvgIpc) is 2.96. The van der Waals surface area contributed by atoms with Crippen LogP contribution < -0.4 is 19.9 Å². The molecule has 0 saturated carbocycles. The van der Waals surface area contributed by atoms with Crippen molar-refractivity contribution < 1.29 is 28.3 Å². The smallest absolute Gasteiger partial charge is 0.345 e. The van der Waals surface area contributed by atoms with Gasteiger partial charge in [-0.1, -0.05) is 41.9 Å². The number of esters is 1. The molecule has 204 valence electrons. The number of rotatable bonds is 7. The molecule has 0 aromatic heterocycles. The zero-order valence-corrected chi connectivity index (χ0v) is 21.8. The predicted octanol–water partition coefficient (Wildman–Crippen LogP) is 6.40. The zero-order chi connectivity index (χ0) is 29.1. The van der Waals surface area contributed by atoms with Gasteiger partial charge in [0.05, 0.1) is 21.4 Å². The Morgan fingerprint density at radius 3 is 2.59 bits per heavy atom. The normalized spacial score (nSPS) is 13.9. The van der Waals surface area contributed by atoms with Crippen molar-refractivity contribution in [2.75, 3.05) is 0 Å². The summed E-state index contributed by atoms with van der Waals surface area (Å²) in [5, 5.41) is 21.0. The largest absolute Gasteiger partial charge is 0.489 e. The Morgan fingerprint density at radius 2 is 1.85 bits per heavy atom. The van der Waals surface area contributed by atoms with Crippen LogP contribution in [0.2, 0.25) is 5.02 Å². The lowest BCUT2D eigenvalue weighted by molar-refractivity contribution is -0.384. The SMILES string of the molecule is N#CC1=C(N)Oc2cc(OC(=O)c3cc([N+](=O)[O-])ccc3Cl)ccc2C1c1cccc(OCc2ccc(F)cc2)c1. The number of nitro groups is 1. The number of fused-ring (bicyclic) bond motifs is 1. The minimum atomic E-state index is -0.904. The number of carbonyl (C=O) groups is 1. The third-order valence-corrected chi connectivity index (χ3v) is 6.62. The topological polar surface area (TPSA) is 138 Å². The van der Waals surface area contributed by atoms with Gasteiger partial charge in [0.2, 0.25) is 5.88 Å². The Balaban J connectivity index is 1.42. The summed E-state index contributed by atoms with van der Waals surface area (Å²) in [6.07, 6.45) is 0. The fraction of sp³-hybridized carbons (Fsp3) is 0.0667. The molecule has 0 amide bonds. The lowest BCUT2D eigenvalue weighted by Crippen LogP contribution is -2.21. The molecule has 41 heavy (non-hydrogen) atoms. The van der Waals surface area contributed by atoms with Gasteiger partial charge in [0.1, 0.15) is 41.3 Å². The predicted molar refractivity (Wildman–Crippen MR) is 146 cm³/mol. The molecule has 0 saturated heterocycles. The molecule has 11 heteroatoms. The molecule has 0 aliphatic carbocycles. The highest BCUT2D eigenvalue weighted by atomic mass is 35.5. The minimum absolute atomic E-state index is 0.0118. The van der Waals surface area contributed by atoms with Gasteiger partial charge < -0.3 is 19.9 Å². The molecule has 1 aliphatic heterocycles. The van der Waals surface area contributed by atoms with Gasteiger partial charge in [-0.25, -0.2) is 9.18 Å². The zero-order valence-electron chi connectivity index (χ0n) is 21.0. The Morgan fingerprint density at radius 1 is 1.07 bits per heavy atom. The van der Waals surface area contributed by atoms with Gasteiger partial charge in [-0.3, -0.25) is 10.1 Å². The lowest BCUT2D eigenvalue weighted by atomic mass is 9.83. The van der Waals surface area contributed by atoms with E-state index in [1.807, 2.05) is 6.07 Å². The number of hydrogen-bond acceptors (Lipinski definition) is 8. The van der Waals surface area contributed by atoms with Gasteiger partial charge in [0.25, 0.3) is 5.69 Å². The van der Waals surface area contributed by atoms with Crippen molar-refractivity contribution in [3.8, 4) is 23.3 Å². The molecule has 0 spiro atoms. The lowest BCUT2D eigenvalue weighted by Gasteiger charge is -2.27. The highest BCUT2D eigenvalue weighted by Crippen LogP contribution is 2.44. The van der Waals surface area contributed by atoms with Crippen molar-refractivity contribution >= 4 is 23.3 Å². The first-order valence-corrected chi connectivity index (χ1v) is 12.5. The molecule has 5 rings (SSSR count). The number of allylic oxidation sites excluding steroid dienone is 1. The molecule has 2 N–H and O–H groups in total. The van der Waals surface area contributed by atoms with Crippen LogP contribution in [-0.2, 0) is 6.61 Å². The summed E-state index contributed by atoms with van der Waals surface area (Å²) in [5.41, 5.74) is 7.85. The maximum absolute atomic E-state index is 13.2. The number of nitrogens with zero attached hydrogens (tertiary/aromatic N) is 2. The molecule has 0 radical (unpaired) electrons. The Labute approximate surface area is 237 Å². The molecule has 1 atom stereocenters. The Bertz CT molecular complexity index is 1750. The number of non-ortho nitro benzene ring substituents is 1. The molecule has 0 bridgehead atoms. The molecule has 1 unspecified atom stereocenters. The van der Waals surface area contributed by atoms with Crippen LogP contribution in [-0.4, -0.2) is 10.9 Å². The molecule has 1 aliphatic rings. The fourth-order valence-electron chi connectivity index (χ4n) is 4.32. The van der Waals surface area contributed by atoms with Crippen LogP contribution in [0.3, 0.4) is 0 Å². The average molecular weight is 572 g/mol. The van der Waals surface area contributed by atoms with E-state index in [9.17, 15) is 24.6 Å². The van der Waals surface area contributed by atoms with Crippen LogP contribution in [0.4, 0.5) is 10.1 Å². The molecule has 4 aromatic rings. The first-order valence-electron chi connectivity index (χ1n) is 12.1. The second kappa shape index (κ2) is 11.4. The molecule has 1 heterocycles. The minimum Gasteiger partial charge on any atom is -0.489 e. The number of nitrogens with two attached hydrogens (primary N) is 1. The van der Waals surface area contributed by atoms with Gasteiger partial charge in [0, 0.05) is 23.8 Å². The maximum Gasteiger partial charge on any atom is 0.345 e. The number of nitro benzene ring substituents is 1. The molecule has 0 fully saturated rings. The molecule has 4 aromatic carbocycles. The first-order chi connectivity index (χ1) is 19.7.